The van der Waals surface area contributed by atoms with Crippen LogP contribution in [-0.4, -0.2) is 15.0 Å². The summed E-state index contributed by atoms with van der Waals surface area (Å²) in [4.78, 5) is 13.7. The van der Waals surface area contributed by atoms with E-state index in [-0.39, 0.29) is 0 Å². The maximum absolute atomic E-state index is 5.91. The summed E-state index contributed by atoms with van der Waals surface area (Å²) < 4.78 is 0. The van der Waals surface area contributed by atoms with Crippen LogP contribution >= 0.6 is 0 Å². The number of nitrogens with one attached hydrogen (secondary N) is 3. The Labute approximate surface area is 190 Å². The molecule has 0 radical (unpaired) electrons. The topological polar surface area (TPSA) is 127 Å². The average molecular weight is 435 g/mol. The zero-order valence-corrected chi connectivity index (χ0v) is 17.7. The van der Waals surface area contributed by atoms with Crippen LogP contribution in [0.5, 0.6) is 0 Å². The molecule has 1 heterocycles. The molecule has 0 atom stereocenters. The first-order valence-electron chi connectivity index (χ1n) is 10.4. The number of aromatic nitrogens is 3. The van der Waals surface area contributed by atoms with Crippen molar-refractivity contribution in [3.63, 3.8) is 0 Å². The van der Waals surface area contributed by atoms with E-state index in [1.54, 1.807) is 0 Å². The molecule has 0 amide bonds. The molecule has 1 aromatic heterocycles. The summed E-state index contributed by atoms with van der Waals surface area (Å²) in [6.45, 7) is 0. The first-order chi connectivity index (χ1) is 16.1. The van der Waals surface area contributed by atoms with Crippen LogP contribution in [0.4, 0.5) is 46.3 Å². The Morgan fingerprint density at radius 1 is 0.515 bits per heavy atom. The third-order valence-electron chi connectivity index (χ3n) is 4.96. The van der Waals surface area contributed by atoms with Crippen molar-refractivity contribution >= 4 is 57.1 Å². The summed E-state index contributed by atoms with van der Waals surface area (Å²) in [7, 11) is 0. The number of nitrogens with zero attached hydrogens (tertiary/aromatic N) is 3. The maximum Gasteiger partial charge on any atom is 0.233 e. The van der Waals surface area contributed by atoms with Crippen molar-refractivity contribution in [3.05, 3.63) is 91.0 Å². The number of nitrogen functional groups attached to an aromatic ring is 2. The summed E-state index contributed by atoms with van der Waals surface area (Å²) in [6.07, 6.45) is 0. The van der Waals surface area contributed by atoms with E-state index >= 15 is 0 Å². The third-order valence-corrected chi connectivity index (χ3v) is 4.96. The minimum atomic E-state index is 0.365. The van der Waals surface area contributed by atoms with Gasteiger partial charge in [-0.1, -0.05) is 48.5 Å². The molecule has 4 aromatic carbocycles. The van der Waals surface area contributed by atoms with Crippen LogP contribution in [0, 0.1) is 0 Å². The van der Waals surface area contributed by atoms with E-state index in [4.69, 9.17) is 11.5 Å². The van der Waals surface area contributed by atoms with Gasteiger partial charge in [-0.05, 0) is 47.9 Å². The quantitative estimate of drug-likeness (QED) is 0.224. The molecule has 0 bridgehead atoms. The molecule has 0 aliphatic rings. The molecule has 8 heteroatoms. The van der Waals surface area contributed by atoms with Gasteiger partial charge in [-0.15, -0.1) is 0 Å². The lowest BCUT2D eigenvalue weighted by molar-refractivity contribution is 1.06. The van der Waals surface area contributed by atoms with Crippen LogP contribution < -0.4 is 27.4 Å². The van der Waals surface area contributed by atoms with Crippen LogP contribution in [0.3, 0.4) is 0 Å². The number of rotatable bonds is 6. The van der Waals surface area contributed by atoms with E-state index in [0.29, 0.717) is 29.2 Å². The molecule has 0 aliphatic carbocycles. The largest absolute Gasteiger partial charge is 0.399 e. The minimum Gasteiger partial charge on any atom is -0.399 e. The van der Waals surface area contributed by atoms with Crippen molar-refractivity contribution in [1.29, 1.82) is 0 Å². The van der Waals surface area contributed by atoms with Crippen molar-refractivity contribution in [2.24, 2.45) is 0 Å². The fourth-order valence-electron chi connectivity index (χ4n) is 3.49. The van der Waals surface area contributed by atoms with Gasteiger partial charge in [0.25, 0.3) is 0 Å². The third kappa shape index (κ3) is 4.75. The summed E-state index contributed by atoms with van der Waals surface area (Å²) >= 11 is 0. The normalized spacial score (nSPS) is 10.7. The molecular formula is C25H22N8. The molecule has 5 aromatic rings. The number of nitrogens with two attached hydrogens (primary N) is 2. The number of hydrogen-bond donors (Lipinski definition) is 5. The van der Waals surface area contributed by atoms with Gasteiger partial charge in [-0.25, -0.2) is 0 Å². The van der Waals surface area contributed by atoms with Crippen molar-refractivity contribution in [1.82, 2.24) is 15.0 Å². The Hall–Kier alpha value is -4.85. The summed E-state index contributed by atoms with van der Waals surface area (Å²) in [5.74, 6) is 1.12. The molecular weight excluding hydrogens is 412 g/mol. The molecule has 0 aliphatic heterocycles. The van der Waals surface area contributed by atoms with Crippen molar-refractivity contribution < 1.29 is 0 Å². The number of benzene rings is 4. The second kappa shape index (κ2) is 8.72. The molecule has 7 N–H and O–H groups in total. The van der Waals surface area contributed by atoms with Gasteiger partial charge < -0.3 is 27.4 Å². The van der Waals surface area contributed by atoms with Gasteiger partial charge in [-0.3, -0.25) is 0 Å². The molecule has 8 nitrogen and oxygen atoms in total. The second-order valence-electron chi connectivity index (χ2n) is 7.46. The first-order valence-corrected chi connectivity index (χ1v) is 10.4. The van der Waals surface area contributed by atoms with Gasteiger partial charge in [0.1, 0.15) is 0 Å². The SMILES string of the molecule is Nc1cccc(Nc2nc(Nc3cccc(N)c3)nc(Nc3cccc4ccccc34)n2)c1. The Balaban J connectivity index is 1.52. The molecule has 33 heavy (non-hydrogen) atoms. The Morgan fingerprint density at radius 3 is 1.64 bits per heavy atom. The van der Waals surface area contributed by atoms with Crippen LogP contribution in [0.1, 0.15) is 0 Å². The molecule has 162 valence electrons. The second-order valence-corrected chi connectivity index (χ2v) is 7.46. The van der Waals surface area contributed by atoms with Crippen molar-refractivity contribution in [2.45, 2.75) is 0 Å². The predicted octanol–water partition coefficient (Wildman–Crippen LogP) is 5.42. The highest BCUT2D eigenvalue weighted by Crippen LogP contribution is 2.27. The van der Waals surface area contributed by atoms with Gasteiger partial charge >= 0.3 is 0 Å². The van der Waals surface area contributed by atoms with Crippen LogP contribution in [0.15, 0.2) is 91.0 Å². The van der Waals surface area contributed by atoms with E-state index in [9.17, 15) is 0 Å². The monoisotopic (exact) mass is 434 g/mol. The molecule has 0 unspecified atom stereocenters. The summed E-state index contributed by atoms with van der Waals surface area (Å²) in [5, 5.41) is 11.9. The fourth-order valence-corrected chi connectivity index (χ4v) is 3.49. The molecule has 0 fully saturated rings. The van der Waals surface area contributed by atoms with Crippen molar-refractivity contribution in [2.75, 3.05) is 27.4 Å². The molecule has 0 saturated heterocycles. The van der Waals surface area contributed by atoms with Gasteiger partial charge in [0.2, 0.25) is 17.8 Å². The molecule has 0 saturated carbocycles. The zero-order valence-electron chi connectivity index (χ0n) is 17.7. The number of hydrogen-bond acceptors (Lipinski definition) is 8. The number of anilines is 8. The lowest BCUT2D eigenvalue weighted by atomic mass is 10.1. The van der Waals surface area contributed by atoms with Crippen molar-refractivity contribution in [3.8, 4) is 0 Å². The van der Waals surface area contributed by atoms with Gasteiger partial charge in [0.05, 0.1) is 0 Å². The zero-order chi connectivity index (χ0) is 22.6. The fraction of sp³-hybridized carbons (Fsp3) is 0. The van der Waals surface area contributed by atoms with Crippen LogP contribution in [-0.2, 0) is 0 Å². The van der Waals surface area contributed by atoms with Gasteiger partial charge in [0, 0.05) is 33.8 Å². The lowest BCUT2D eigenvalue weighted by Crippen LogP contribution is -2.07. The van der Waals surface area contributed by atoms with E-state index in [2.05, 4.69) is 49.1 Å². The lowest BCUT2D eigenvalue weighted by Gasteiger charge is -2.13. The summed E-state index contributed by atoms with van der Waals surface area (Å²) in [5.41, 5.74) is 15.5. The maximum atomic E-state index is 5.91. The Morgan fingerprint density at radius 2 is 1.03 bits per heavy atom. The van der Waals surface area contributed by atoms with E-state index in [1.165, 1.54) is 0 Å². The highest BCUT2D eigenvalue weighted by molar-refractivity contribution is 5.95. The highest BCUT2D eigenvalue weighted by atomic mass is 15.3. The average Bonchev–Trinajstić information content (AvgIpc) is 2.79. The highest BCUT2D eigenvalue weighted by Gasteiger charge is 2.10. The van der Waals surface area contributed by atoms with E-state index in [1.807, 2.05) is 72.8 Å². The van der Waals surface area contributed by atoms with Gasteiger partial charge in [0.15, 0.2) is 0 Å². The number of fused-ring (bicyclic) bond motifs is 1. The predicted molar refractivity (Wildman–Crippen MR) is 135 cm³/mol. The molecule has 5 rings (SSSR count). The van der Waals surface area contributed by atoms with E-state index < -0.39 is 0 Å². The van der Waals surface area contributed by atoms with Gasteiger partial charge in [-0.2, -0.15) is 15.0 Å². The van der Waals surface area contributed by atoms with E-state index in [0.717, 1.165) is 27.8 Å². The summed E-state index contributed by atoms with van der Waals surface area (Å²) in [6, 6.07) is 28.9. The van der Waals surface area contributed by atoms with Crippen LogP contribution in [0.2, 0.25) is 0 Å². The molecule has 0 spiro atoms. The smallest absolute Gasteiger partial charge is 0.233 e. The standard InChI is InChI=1S/C25H22N8/c26-17-8-4-10-19(14-17)28-23-31-24(29-20-11-5-9-18(27)15-20)33-25(32-23)30-22-13-3-7-16-6-1-2-12-21(16)22/h1-15H,26-27H2,(H3,28,29,30,31,32,33). The Bertz CT molecular complexity index is 1360. The minimum absolute atomic E-state index is 0.365. The first kappa shape index (κ1) is 20.1. The van der Waals surface area contributed by atoms with Crippen LogP contribution in [0.25, 0.3) is 10.8 Å². The Kier molecular flexibility index (Phi) is 5.30.